The van der Waals surface area contributed by atoms with Gasteiger partial charge >= 0.3 is 0 Å². The van der Waals surface area contributed by atoms with Crippen LogP contribution in [0.3, 0.4) is 0 Å². The number of likely N-dealkylation sites (N-methyl/N-ethyl adjacent to an activating group) is 1. The summed E-state index contributed by atoms with van der Waals surface area (Å²) in [7, 11) is 1.99. The fourth-order valence-electron chi connectivity index (χ4n) is 4.72. The molecule has 40 heavy (non-hydrogen) atoms. The Morgan fingerprint density at radius 2 is 1.73 bits per heavy atom. The summed E-state index contributed by atoms with van der Waals surface area (Å²) < 4.78 is 9.01. The molecule has 0 saturated carbocycles. The Labute approximate surface area is 242 Å². The van der Waals surface area contributed by atoms with E-state index in [2.05, 4.69) is 28.3 Å². The number of nitrogens with zero attached hydrogens (tertiary/aromatic N) is 4. The minimum Gasteiger partial charge on any atom is -0.379 e. The number of nitrogens with one attached hydrogen (secondary N) is 1. The maximum absolute atomic E-state index is 12.9. The molecule has 2 aromatic heterocycles. The molecular weight excluding hydrogens is 522 g/mol. The molecule has 1 aliphatic heterocycles. The fourth-order valence-corrected chi connectivity index (χ4v) is 4.85. The number of aryl methyl sites for hydroxylation is 1. The summed E-state index contributed by atoms with van der Waals surface area (Å²) >= 11 is 6.02. The van der Waals surface area contributed by atoms with E-state index in [1.54, 1.807) is 10.5 Å². The lowest BCUT2D eigenvalue weighted by atomic mass is 10.1. The Morgan fingerprint density at radius 1 is 1.02 bits per heavy atom. The van der Waals surface area contributed by atoms with Crippen molar-refractivity contribution in [3.63, 3.8) is 0 Å². The van der Waals surface area contributed by atoms with Crippen molar-refractivity contribution < 1.29 is 4.74 Å². The number of hydrogen-bond donors (Lipinski definition) is 1. The molecule has 3 heterocycles. The molecule has 0 spiro atoms. The van der Waals surface area contributed by atoms with E-state index in [0.29, 0.717) is 10.8 Å². The molecule has 0 unspecified atom stereocenters. The highest BCUT2D eigenvalue weighted by atomic mass is 35.5. The molecule has 1 saturated heterocycles. The second-order valence-electron chi connectivity index (χ2n) is 9.91. The van der Waals surface area contributed by atoms with Gasteiger partial charge in [-0.3, -0.25) is 14.1 Å². The maximum atomic E-state index is 12.9. The first-order valence-corrected chi connectivity index (χ1v) is 14.5. The Balaban J connectivity index is 0.000000312. The number of hydrogen-bond acceptors (Lipinski definition) is 5. The highest BCUT2D eigenvalue weighted by Gasteiger charge is 2.15. The molecule has 212 valence electrons. The number of halogens is 1. The normalized spacial score (nSPS) is 13.7. The van der Waals surface area contributed by atoms with Crippen molar-refractivity contribution >= 4 is 23.5 Å². The van der Waals surface area contributed by atoms with E-state index >= 15 is 0 Å². The number of ether oxygens (including phenoxy) is 1. The Morgan fingerprint density at radius 3 is 2.38 bits per heavy atom. The zero-order chi connectivity index (χ0) is 28.3. The van der Waals surface area contributed by atoms with Crippen molar-refractivity contribution in [1.82, 2.24) is 24.2 Å². The van der Waals surface area contributed by atoms with Crippen molar-refractivity contribution in [3.8, 4) is 22.5 Å². The summed E-state index contributed by atoms with van der Waals surface area (Å²) in [5.74, 6) is 0.659. The van der Waals surface area contributed by atoms with Gasteiger partial charge in [0.1, 0.15) is 0 Å². The molecule has 2 aromatic carbocycles. The Bertz CT molecular complexity index is 1420. The van der Waals surface area contributed by atoms with E-state index in [9.17, 15) is 4.79 Å². The molecule has 4 aromatic rings. The zero-order valence-corrected chi connectivity index (χ0v) is 24.4. The van der Waals surface area contributed by atoms with Gasteiger partial charge in [-0.15, -0.1) is 0 Å². The quantitative estimate of drug-likeness (QED) is 0.246. The van der Waals surface area contributed by atoms with Crippen molar-refractivity contribution in [2.24, 2.45) is 0 Å². The molecule has 0 bridgehead atoms. The number of morpholine rings is 1. The molecular formula is C32H40ClN5O2. The molecule has 5 rings (SSSR count). The van der Waals surface area contributed by atoms with Gasteiger partial charge in [-0.1, -0.05) is 80.4 Å². The third-order valence-electron chi connectivity index (χ3n) is 7.07. The van der Waals surface area contributed by atoms with E-state index in [-0.39, 0.29) is 5.56 Å². The third kappa shape index (κ3) is 7.70. The van der Waals surface area contributed by atoms with Crippen molar-refractivity contribution in [1.29, 1.82) is 0 Å². The number of rotatable bonds is 10. The van der Waals surface area contributed by atoms with Gasteiger partial charge in [0.05, 0.1) is 24.6 Å². The van der Waals surface area contributed by atoms with Gasteiger partial charge in [0.2, 0.25) is 5.78 Å². The molecule has 0 aliphatic carbocycles. The van der Waals surface area contributed by atoms with Crippen LogP contribution in [0.4, 0.5) is 0 Å². The summed E-state index contributed by atoms with van der Waals surface area (Å²) in [6, 6.07) is 17.3. The molecule has 0 radical (unpaired) electrons. The van der Waals surface area contributed by atoms with Crippen LogP contribution >= 0.6 is 11.6 Å². The average Bonchev–Trinajstić information content (AvgIpc) is 3.45. The van der Waals surface area contributed by atoms with Crippen LogP contribution in [0.2, 0.25) is 5.02 Å². The zero-order valence-electron chi connectivity index (χ0n) is 23.6. The predicted molar refractivity (Wildman–Crippen MR) is 166 cm³/mol. The number of imidazole rings is 1. The SMILES string of the molecule is C=Cc1ccc(-c2cc(=O)n3cc(-c4ccc(Cl)cc4)nc3n2CCCCC)cc1.CNCCN1CCOCC1. The van der Waals surface area contributed by atoms with Crippen LogP contribution in [0.1, 0.15) is 31.7 Å². The first kappa shape index (κ1) is 29.7. The van der Waals surface area contributed by atoms with E-state index in [1.165, 1.54) is 0 Å². The minimum absolute atomic E-state index is 0.0905. The first-order valence-electron chi connectivity index (χ1n) is 14.1. The van der Waals surface area contributed by atoms with Crippen LogP contribution in [0.15, 0.2) is 72.2 Å². The van der Waals surface area contributed by atoms with Gasteiger partial charge in [-0.2, -0.15) is 0 Å². The first-order chi connectivity index (χ1) is 19.5. The number of benzene rings is 2. The van der Waals surface area contributed by atoms with Gasteiger partial charge in [-0.05, 0) is 36.7 Å². The summed E-state index contributed by atoms with van der Waals surface area (Å²) in [5.41, 5.74) is 4.52. The summed E-state index contributed by atoms with van der Waals surface area (Å²) in [5, 5.41) is 3.81. The van der Waals surface area contributed by atoms with E-state index in [4.69, 9.17) is 21.3 Å². The number of unbranched alkanes of at least 4 members (excludes halogenated alkanes) is 2. The Hall–Kier alpha value is -3.23. The summed E-state index contributed by atoms with van der Waals surface area (Å²) in [4.78, 5) is 20.2. The monoisotopic (exact) mass is 561 g/mol. The predicted octanol–water partition coefficient (Wildman–Crippen LogP) is 5.85. The lowest BCUT2D eigenvalue weighted by molar-refractivity contribution is 0.0386. The van der Waals surface area contributed by atoms with Crippen LogP contribution in [-0.2, 0) is 11.3 Å². The smallest absolute Gasteiger partial charge is 0.259 e. The average molecular weight is 562 g/mol. The number of aromatic nitrogens is 3. The molecule has 0 amide bonds. The summed E-state index contributed by atoms with van der Waals surface area (Å²) in [6.45, 7) is 13.0. The molecule has 8 heteroatoms. The standard InChI is InChI=1S/C25H24ClN3O.C7H16N2O/c1-3-5-6-15-28-23(20-9-7-18(4-2)8-10-20)16-24(30)29-17-22(27-25(28)29)19-11-13-21(26)14-12-19;1-8-2-3-9-4-6-10-7-5-9/h4,7-14,16-17H,2-3,5-6,15H2,1H3;8H,2-7H2,1H3. The van der Waals surface area contributed by atoms with Crippen molar-refractivity contribution in [2.75, 3.05) is 46.4 Å². The van der Waals surface area contributed by atoms with Crippen LogP contribution in [0.5, 0.6) is 0 Å². The minimum atomic E-state index is -0.0905. The van der Waals surface area contributed by atoms with E-state index < -0.39 is 0 Å². The topological polar surface area (TPSA) is 63.8 Å². The third-order valence-corrected chi connectivity index (χ3v) is 7.32. The fraction of sp³-hybridized carbons (Fsp3) is 0.375. The second-order valence-corrected chi connectivity index (χ2v) is 10.3. The highest BCUT2D eigenvalue weighted by Crippen LogP contribution is 2.25. The van der Waals surface area contributed by atoms with Gasteiger partial charge < -0.3 is 14.6 Å². The van der Waals surface area contributed by atoms with E-state index in [0.717, 1.165) is 93.3 Å². The van der Waals surface area contributed by atoms with Crippen LogP contribution in [0.25, 0.3) is 34.4 Å². The van der Waals surface area contributed by atoms with Gasteiger partial charge in [0.15, 0.2) is 0 Å². The molecule has 1 N–H and O–H groups in total. The van der Waals surface area contributed by atoms with Gasteiger partial charge in [0, 0.05) is 55.6 Å². The molecule has 7 nitrogen and oxygen atoms in total. The van der Waals surface area contributed by atoms with Gasteiger partial charge in [-0.25, -0.2) is 4.98 Å². The van der Waals surface area contributed by atoms with Crippen LogP contribution in [-0.4, -0.2) is 65.3 Å². The maximum Gasteiger partial charge on any atom is 0.259 e. The molecule has 0 atom stereocenters. The highest BCUT2D eigenvalue weighted by molar-refractivity contribution is 6.30. The van der Waals surface area contributed by atoms with Gasteiger partial charge in [0.25, 0.3) is 5.56 Å². The molecule has 1 aliphatic rings. The lowest BCUT2D eigenvalue weighted by Crippen LogP contribution is -2.39. The summed E-state index contributed by atoms with van der Waals surface area (Å²) in [6.07, 6.45) is 6.90. The van der Waals surface area contributed by atoms with Crippen molar-refractivity contribution in [3.05, 3.63) is 88.3 Å². The lowest BCUT2D eigenvalue weighted by Gasteiger charge is -2.26. The van der Waals surface area contributed by atoms with Crippen molar-refractivity contribution in [2.45, 2.75) is 32.7 Å². The second kappa shape index (κ2) is 15.0. The molecule has 1 fully saturated rings. The van der Waals surface area contributed by atoms with Crippen LogP contribution < -0.4 is 10.9 Å². The largest absolute Gasteiger partial charge is 0.379 e. The van der Waals surface area contributed by atoms with E-state index in [1.807, 2.05) is 67.9 Å². The number of fused-ring (bicyclic) bond motifs is 1. The Kier molecular flexibility index (Phi) is 11.1. The van der Waals surface area contributed by atoms with Crippen LogP contribution in [0, 0.1) is 0 Å².